The average molecular weight is 330 g/mol. The van der Waals surface area contributed by atoms with Gasteiger partial charge in [-0.15, -0.1) is 0 Å². The zero-order valence-electron chi connectivity index (χ0n) is 12.9. The van der Waals surface area contributed by atoms with Crippen LogP contribution >= 0.6 is 11.5 Å². The quantitative estimate of drug-likeness (QED) is 0.937. The number of aryl methyl sites for hydroxylation is 1. The van der Waals surface area contributed by atoms with Gasteiger partial charge in [-0.1, -0.05) is 6.07 Å². The van der Waals surface area contributed by atoms with Gasteiger partial charge in [0, 0.05) is 24.2 Å². The molecule has 1 unspecified atom stereocenters. The molecule has 0 bridgehead atoms. The summed E-state index contributed by atoms with van der Waals surface area (Å²) in [6, 6.07) is 7.17. The Balaban J connectivity index is 1.63. The van der Waals surface area contributed by atoms with Gasteiger partial charge in [-0.2, -0.15) is 4.37 Å². The monoisotopic (exact) mass is 330 g/mol. The number of hydrogen-bond donors (Lipinski definition) is 1. The Labute approximate surface area is 138 Å². The lowest BCUT2D eigenvalue weighted by atomic mass is 9.97. The molecule has 2 aromatic rings. The van der Waals surface area contributed by atoms with E-state index >= 15 is 0 Å². The minimum atomic E-state index is -0.213. The first kappa shape index (κ1) is 15.6. The highest BCUT2D eigenvalue weighted by Gasteiger charge is 2.29. The molecule has 0 aliphatic carbocycles. The largest absolute Gasteiger partial charge is 0.336 e. The van der Waals surface area contributed by atoms with Gasteiger partial charge in [-0.05, 0) is 49.5 Å². The molecule has 0 radical (unpaired) electrons. The van der Waals surface area contributed by atoms with Crippen molar-refractivity contribution in [3.63, 3.8) is 0 Å². The number of anilines is 1. The summed E-state index contributed by atoms with van der Waals surface area (Å²) in [7, 11) is 0. The third-order valence-electron chi connectivity index (χ3n) is 3.84. The lowest BCUT2D eigenvalue weighted by molar-refractivity contribution is -0.121. The molecule has 3 rings (SSSR count). The maximum Gasteiger partial charge on any atom is 0.273 e. The average Bonchev–Trinajstić information content (AvgIpc) is 3.01. The fourth-order valence-corrected chi connectivity index (χ4v) is 3.21. The van der Waals surface area contributed by atoms with Crippen LogP contribution in [0.15, 0.2) is 30.5 Å². The molecule has 6 nitrogen and oxygen atoms in total. The molecule has 1 aliphatic heterocycles. The summed E-state index contributed by atoms with van der Waals surface area (Å²) in [6.07, 6.45) is 3.23. The number of amides is 2. The maximum absolute atomic E-state index is 12.5. The van der Waals surface area contributed by atoms with Gasteiger partial charge in [-0.25, -0.2) is 4.98 Å². The number of rotatable bonds is 3. The van der Waals surface area contributed by atoms with Gasteiger partial charge in [0.1, 0.15) is 11.5 Å². The van der Waals surface area contributed by atoms with E-state index in [-0.39, 0.29) is 17.7 Å². The summed E-state index contributed by atoms with van der Waals surface area (Å²) in [4.78, 5) is 31.7. The molecule has 1 saturated heterocycles. The summed E-state index contributed by atoms with van der Waals surface area (Å²) in [5.41, 5.74) is 0.471. The second-order valence-electron chi connectivity index (χ2n) is 5.62. The van der Waals surface area contributed by atoms with Gasteiger partial charge in [-0.3, -0.25) is 9.59 Å². The van der Waals surface area contributed by atoms with Crippen LogP contribution in [0, 0.1) is 12.8 Å². The van der Waals surface area contributed by atoms with E-state index in [9.17, 15) is 9.59 Å². The van der Waals surface area contributed by atoms with Crippen molar-refractivity contribution in [3.05, 3.63) is 41.0 Å². The third-order valence-corrected chi connectivity index (χ3v) is 4.54. The molecule has 1 atom stereocenters. The van der Waals surface area contributed by atoms with E-state index in [0.29, 0.717) is 24.6 Å². The van der Waals surface area contributed by atoms with Crippen molar-refractivity contribution < 1.29 is 9.59 Å². The lowest BCUT2D eigenvalue weighted by Gasteiger charge is -2.31. The number of likely N-dealkylation sites (tertiary alicyclic amines) is 1. The van der Waals surface area contributed by atoms with Crippen molar-refractivity contribution in [1.29, 1.82) is 0 Å². The minimum absolute atomic E-state index is 0.0874. The molecule has 7 heteroatoms. The van der Waals surface area contributed by atoms with Crippen LogP contribution in [0.3, 0.4) is 0 Å². The van der Waals surface area contributed by atoms with Gasteiger partial charge < -0.3 is 10.2 Å². The molecule has 2 aromatic heterocycles. The Hall–Kier alpha value is -2.28. The zero-order chi connectivity index (χ0) is 16.2. The Bertz CT molecular complexity index is 701. The number of pyridine rings is 1. The van der Waals surface area contributed by atoms with Gasteiger partial charge in [0.2, 0.25) is 5.91 Å². The highest BCUT2D eigenvalue weighted by molar-refractivity contribution is 7.05. The predicted octanol–water partition coefficient (Wildman–Crippen LogP) is 2.34. The van der Waals surface area contributed by atoms with E-state index in [1.54, 1.807) is 29.3 Å². The number of nitrogens with zero attached hydrogens (tertiary/aromatic N) is 3. The van der Waals surface area contributed by atoms with E-state index < -0.39 is 0 Å². The first-order chi connectivity index (χ1) is 11.1. The summed E-state index contributed by atoms with van der Waals surface area (Å²) in [6.45, 7) is 3.02. The molecule has 1 N–H and O–H groups in total. The van der Waals surface area contributed by atoms with Gasteiger partial charge in [0.15, 0.2) is 0 Å². The molecule has 0 spiro atoms. The normalized spacial score (nSPS) is 17.8. The Morgan fingerprint density at radius 1 is 1.39 bits per heavy atom. The van der Waals surface area contributed by atoms with Crippen LogP contribution < -0.4 is 5.32 Å². The summed E-state index contributed by atoms with van der Waals surface area (Å²) < 4.78 is 4.17. The fourth-order valence-electron chi connectivity index (χ4n) is 2.67. The van der Waals surface area contributed by atoms with Crippen molar-refractivity contribution in [1.82, 2.24) is 14.3 Å². The van der Waals surface area contributed by atoms with Crippen LogP contribution in [0.4, 0.5) is 5.82 Å². The minimum Gasteiger partial charge on any atom is -0.336 e. The van der Waals surface area contributed by atoms with Crippen molar-refractivity contribution in [2.75, 3.05) is 18.4 Å². The van der Waals surface area contributed by atoms with Crippen LogP contribution in [-0.4, -0.2) is 39.2 Å². The second kappa shape index (κ2) is 6.87. The van der Waals surface area contributed by atoms with Crippen LogP contribution in [0.25, 0.3) is 0 Å². The number of carbonyl (C=O) groups is 2. The first-order valence-electron chi connectivity index (χ1n) is 7.58. The van der Waals surface area contributed by atoms with Crippen molar-refractivity contribution in [3.8, 4) is 0 Å². The number of hydrogen-bond acceptors (Lipinski definition) is 5. The van der Waals surface area contributed by atoms with Crippen LogP contribution in [0.1, 0.15) is 28.2 Å². The van der Waals surface area contributed by atoms with Gasteiger partial charge in [0.25, 0.3) is 5.91 Å². The zero-order valence-corrected chi connectivity index (χ0v) is 13.7. The van der Waals surface area contributed by atoms with Crippen molar-refractivity contribution in [2.24, 2.45) is 5.92 Å². The first-order valence-corrected chi connectivity index (χ1v) is 8.35. The standard InChI is InChI=1S/C16H18N4O2S/c1-11-9-13(19-23-11)16(22)20-8-4-5-12(10-20)15(21)18-14-6-2-3-7-17-14/h2-3,6-7,9,12H,4-5,8,10H2,1H3,(H,17,18,21). The van der Waals surface area contributed by atoms with E-state index in [1.807, 2.05) is 13.0 Å². The highest BCUT2D eigenvalue weighted by atomic mass is 32.1. The molecule has 3 heterocycles. The molecule has 0 saturated carbocycles. The summed E-state index contributed by atoms with van der Waals surface area (Å²) >= 11 is 1.32. The molecule has 120 valence electrons. The SMILES string of the molecule is Cc1cc(C(=O)N2CCCC(C(=O)Nc3ccccn3)C2)ns1. The Morgan fingerprint density at radius 2 is 2.26 bits per heavy atom. The second-order valence-corrected chi connectivity index (χ2v) is 6.63. The van der Waals surface area contributed by atoms with Crippen LogP contribution in [-0.2, 0) is 4.79 Å². The molecule has 2 amide bonds. The van der Waals surface area contributed by atoms with E-state index in [0.717, 1.165) is 17.7 Å². The van der Waals surface area contributed by atoms with E-state index in [1.165, 1.54) is 11.5 Å². The molecule has 1 aliphatic rings. The molecule has 0 aromatic carbocycles. The van der Waals surface area contributed by atoms with E-state index in [4.69, 9.17) is 0 Å². The van der Waals surface area contributed by atoms with Gasteiger partial charge in [0.05, 0.1) is 5.92 Å². The van der Waals surface area contributed by atoms with Crippen LogP contribution in [0.2, 0.25) is 0 Å². The summed E-state index contributed by atoms with van der Waals surface area (Å²) in [5, 5.41) is 2.81. The lowest BCUT2D eigenvalue weighted by Crippen LogP contribution is -2.43. The van der Waals surface area contributed by atoms with E-state index in [2.05, 4.69) is 14.7 Å². The fraction of sp³-hybridized carbons (Fsp3) is 0.375. The predicted molar refractivity (Wildman–Crippen MR) is 88.3 cm³/mol. The number of carbonyl (C=O) groups excluding carboxylic acids is 2. The highest BCUT2D eigenvalue weighted by Crippen LogP contribution is 2.20. The maximum atomic E-state index is 12.5. The molecular formula is C16H18N4O2S. The number of nitrogens with one attached hydrogen (secondary N) is 1. The topological polar surface area (TPSA) is 75.2 Å². The smallest absolute Gasteiger partial charge is 0.273 e. The third kappa shape index (κ3) is 3.73. The summed E-state index contributed by atoms with van der Waals surface area (Å²) in [5.74, 6) is 0.144. The number of piperidine rings is 1. The Morgan fingerprint density at radius 3 is 2.96 bits per heavy atom. The molecular weight excluding hydrogens is 312 g/mol. The molecule has 1 fully saturated rings. The van der Waals surface area contributed by atoms with Crippen molar-refractivity contribution in [2.45, 2.75) is 19.8 Å². The van der Waals surface area contributed by atoms with Gasteiger partial charge >= 0.3 is 0 Å². The molecule has 23 heavy (non-hydrogen) atoms. The van der Waals surface area contributed by atoms with Crippen molar-refractivity contribution >= 4 is 29.2 Å². The Kier molecular flexibility index (Phi) is 4.66. The van der Waals surface area contributed by atoms with Crippen LogP contribution in [0.5, 0.6) is 0 Å². The number of aromatic nitrogens is 2.